The van der Waals surface area contributed by atoms with E-state index >= 15 is 0 Å². The van der Waals surface area contributed by atoms with Crippen LogP contribution in [0.2, 0.25) is 0 Å². The number of H-pyrrole nitrogens is 2. The predicted molar refractivity (Wildman–Crippen MR) is 311 cm³/mol. The summed E-state index contributed by atoms with van der Waals surface area (Å²) in [5, 5.41) is 54.9. The van der Waals surface area contributed by atoms with Gasteiger partial charge in [0.05, 0.1) is 26.1 Å². The quantitative estimate of drug-likeness (QED) is 0.0124. The molecule has 0 radical (unpaired) electrons. The molecule has 2 aromatic heterocycles. The summed E-state index contributed by atoms with van der Waals surface area (Å²) < 4.78 is 0. The maximum atomic E-state index is 14.5. The van der Waals surface area contributed by atoms with Crippen LogP contribution in [0.3, 0.4) is 0 Å². The number of amides is 11. The molecular formula is C56H77N17O14. The third kappa shape index (κ3) is 19.7. The van der Waals surface area contributed by atoms with Crippen molar-refractivity contribution in [2.45, 2.75) is 132 Å². The van der Waals surface area contributed by atoms with Crippen LogP contribution in [-0.2, 0) is 72.0 Å². The lowest BCUT2D eigenvalue weighted by Crippen LogP contribution is -2.62. The number of aromatic amines is 2. The van der Waals surface area contributed by atoms with Gasteiger partial charge in [-0.2, -0.15) is 0 Å². The van der Waals surface area contributed by atoms with E-state index in [1.807, 2.05) is 0 Å². The van der Waals surface area contributed by atoms with Gasteiger partial charge in [-0.15, -0.1) is 0 Å². The maximum Gasteiger partial charge on any atom is 0.245 e. The molecule has 0 aliphatic carbocycles. The Morgan fingerprint density at radius 2 is 1.29 bits per heavy atom. The third-order valence-electron chi connectivity index (χ3n) is 14.5. The zero-order valence-corrected chi connectivity index (χ0v) is 48.1. The minimum Gasteiger partial charge on any atom is -0.508 e. The number of nitrogens with two attached hydrogens (primary N) is 3. The van der Waals surface area contributed by atoms with Crippen LogP contribution in [0.15, 0.2) is 72.2 Å². The molecular weight excluding hydrogens is 1130 g/mol. The number of nitrogens with zero attached hydrogens (tertiary/aromatic N) is 3. The number of hydrogen-bond acceptors (Lipinski definition) is 16. The van der Waals surface area contributed by atoms with Gasteiger partial charge in [0.25, 0.3) is 0 Å². The largest absolute Gasteiger partial charge is 0.508 e. The molecule has 11 amide bonds. The highest BCUT2D eigenvalue weighted by molar-refractivity contribution is 6.00. The number of benzene rings is 2. The first-order valence-electron chi connectivity index (χ1n) is 28.4. The zero-order valence-electron chi connectivity index (χ0n) is 48.1. The van der Waals surface area contributed by atoms with Gasteiger partial charge >= 0.3 is 0 Å². The summed E-state index contributed by atoms with van der Waals surface area (Å²) in [6.45, 7) is 1.12. The van der Waals surface area contributed by atoms with Crippen molar-refractivity contribution in [3.8, 4) is 5.75 Å². The lowest BCUT2D eigenvalue weighted by Gasteiger charge is -2.30. The van der Waals surface area contributed by atoms with Crippen LogP contribution in [0.1, 0.15) is 75.6 Å². The number of hydrogen-bond donors (Lipinski definition) is 17. The zero-order chi connectivity index (χ0) is 63.3. The number of carbonyl (C=O) groups excluding carboxylic acids is 11. The van der Waals surface area contributed by atoms with E-state index in [-0.39, 0.29) is 94.4 Å². The fraction of sp³-hybridized carbons (Fsp3) is 0.482. The van der Waals surface area contributed by atoms with E-state index in [1.165, 1.54) is 41.7 Å². The fourth-order valence-electron chi connectivity index (χ4n) is 10.00. The molecule has 2 aliphatic rings. The predicted octanol–water partition coefficient (Wildman–Crippen LogP) is -5.03. The summed E-state index contributed by atoms with van der Waals surface area (Å²) in [4.78, 5) is 165. The summed E-state index contributed by atoms with van der Waals surface area (Å²) in [5.41, 5.74) is 18.2. The number of aromatic hydroxyl groups is 1. The monoisotopic (exact) mass is 1210 g/mol. The minimum atomic E-state index is -1.81. The average Bonchev–Trinajstić information content (AvgIpc) is 2.71. The number of aliphatic hydroxyl groups excluding tert-OH is 2. The molecule has 87 heavy (non-hydrogen) atoms. The van der Waals surface area contributed by atoms with E-state index in [0.29, 0.717) is 34.1 Å². The van der Waals surface area contributed by atoms with Gasteiger partial charge in [0.2, 0.25) is 65.0 Å². The van der Waals surface area contributed by atoms with Gasteiger partial charge in [-0.1, -0.05) is 44.2 Å². The topological polar surface area (TPSA) is 495 Å². The number of nitrogens with one attached hydrogen (secondary N) is 11. The Balaban J connectivity index is 1.19. The number of phenols is 1. The Morgan fingerprint density at radius 1 is 0.701 bits per heavy atom. The molecule has 4 aromatic rings. The van der Waals surface area contributed by atoms with Gasteiger partial charge in [0.1, 0.15) is 60.1 Å². The SMILES string of the molecule is CC(C)C[C@H](NC(=O)[C@@H](CO)NC(=O)[C@H](Cc1ccc(O)cc1)NC(=O)[C@H](CO)NC(=O)[C@H](Cc1c[nH]c2ccccc12)NC(=O)[C@H](Cc1cnc[nH]1)NC(=O)[C@@H]1CCC(=O)N1)C(=O)N[C@@H](CCCN=C(N)N)C(=O)N1CCC[C@H]1C(=O)NCC(N)=O. The molecule has 4 heterocycles. The molecule has 20 N–H and O–H groups in total. The highest BCUT2D eigenvalue weighted by Gasteiger charge is 2.40. The molecule has 0 unspecified atom stereocenters. The number of guanidine groups is 1. The molecule has 2 aliphatic heterocycles. The van der Waals surface area contributed by atoms with Crippen LogP contribution in [-0.4, -0.2) is 193 Å². The van der Waals surface area contributed by atoms with Gasteiger partial charge in [-0.05, 0) is 73.8 Å². The van der Waals surface area contributed by atoms with Gasteiger partial charge in [0, 0.05) is 67.8 Å². The molecule has 9 atom stereocenters. The number of aliphatic hydroxyl groups is 2. The molecule has 2 fully saturated rings. The number of rotatable bonds is 32. The normalized spacial score (nSPS) is 17.0. The summed E-state index contributed by atoms with van der Waals surface area (Å²) in [6, 6.07) is -0.0676. The highest BCUT2D eigenvalue weighted by atomic mass is 16.3. The van der Waals surface area contributed by atoms with E-state index in [0.717, 1.165) is 0 Å². The molecule has 31 heteroatoms. The Kier molecular flexibility index (Phi) is 24.5. The van der Waals surface area contributed by atoms with Gasteiger partial charge in [-0.3, -0.25) is 57.7 Å². The van der Waals surface area contributed by atoms with Gasteiger partial charge in [-0.25, -0.2) is 4.98 Å². The molecule has 0 saturated carbocycles. The van der Waals surface area contributed by atoms with Crippen LogP contribution in [0, 0.1) is 5.92 Å². The first kappa shape index (κ1) is 66.5. The lowest BCUT2D eigenvalue weighted by atomic mass is 10.0. The molecule has 470 valence electrons. The van der Waals surface area contributed by atoms with Crippen LogP contribution in [0.4, 0.5) is 0 Å². The van der Waals surface area contributed by atoms with Crippen molar-refractivity contribution in [3.63, 3.8) is 0 Å². The van der Waals surface area contributed by atoms with Gasteiger partial charge in [0.15, 0.2) is 5.96 Å². The summed E-state index contributed by atoms with van der Waals surface area (Å²) in [7, 11) is 0. The minimum absolute atomic E-state index is 0.0236. The molecule has 6 rings (SSSR count). The Labute approximate surface area is 499 Å². The number of para-hydroxylation sites is 1. The van der Waals surface area contributed by atoms with E-state index < -0.39 is 133 Å². The van der Waals surface area contributed by atoms with E-state index in [2.05, 4.69) is 67.8 Å². The second-order valence-electron chi connectivity index (χ2n) is 21.6. The number of primary amides is 1. The Hall–Kier alpha value is -9.65. The number of aromatic nitrogens is 3. The molecule has 0 bridgehead atoms. The van der Waals surface area contributed by atoms with Crippen molar-refractivity contribution in [2.75, 3.05) is 32.8 Å². The van der Waals surface area contributed by atoms with Crippen LogP contribution >= 0.6 is 0 Å². The number of carbonyl (C=O) groups is 11. The van der Waals surface area contributed by atoms with Crippen LogP contribution in [0.5, 0.6) is 5.75 Å². The molecule has 2 aromatic carbocycles. The summed E-state index contributed by atoms with van der Waals surface area (Å²) in [5.74, 6) is -9.63. The second-order valence-corrected chi connectivity index (χ2v) is 21.6. The van der Waals surface area contributed by atoms with Crippen LogP contribution in [0.25, 0.3) is 10.9 Å². The van der Waals surface area contributed by atoms with Gasteiger partial charge < -0.3 is 95.2 Å². The number of imidazole rings is 1. The number of aliphatic imine (C=N–C) groups is 1. The fourth-order valence-corrected chi connectivity index (χ4v) is 10.00. The maximum absolute atomic E-state index is 14.5. The van der Waals surface area contributed by atoms with Crippen molar-refractivity contribution in [1.82, 2.24) is 67.7 Å². The Morgan fingerprint density at radius 3 is 1.87 bits per heavy atom. The number of fused-ring (bicyclic) bond motifs is 1. The highest BCUT2D eigenvalue weighted by Crippen LogP contribution is 2.22. The second kappa shape index (κ2) is 32.0. The van der Waals surface area contributed by atoms with E-state index in [4.69, 9.17) is 17.2 Å². The van der Waals surface area contributed by atoms with Crippen molar-refractivity contribution in [1.29, 1.82) is 0 Å². The third-order valence-corrected chi connectivity index (χ3v) is 14.5. The molecule has 0 spiro atoms. The molecule has 31 nitrogen and oxygen atoms in total. The lowest BCUT2D eigenvalue weighted by molar-refractivity contribution is -0.142. The van der Waals surface area contributed by atoms with Crippen molar-refractivity contribution >= 4 is 81.8 Å². The summed E-state index contributed by atoms with van der Waals surface area (Å²) in [6.07, 6.45) is 4.85. The standard InChI is InChI=1S/C56H77N17O14/c1-29(2)19-38(48(80)66-37(9-5-17-61-56(58)59)55(87)73-18-6-10-44(73)54(86)63-25-45(57)77)67-52(84)42(26-74)71-49(81)39(20-30-11-13-33(76)14-12-30)68-53(85)43(27-75)72-50(82)40(21-31-23-62-35-8-4-3-7-34(31)35)69-51(83)41(22-32-24-60-28-64-32)70-47(79)36-15-16-46(78)65-36/h3-4,7-8,11-14,23-24,28-29,36-44,62,74-76H,5-6,9-10,15-22,25-27H2,1-2H3,(H2,57,77)(H,60,64)(H,63,86)(H,65,78)(H,66,80)(H,67,84)(H,68,85)(H,69,83)(H,70,79)(H,71,81)(H,72,82)(H4,58,59,61)/t36-,37-,38-,39-,40-,41-,42+,43-,44-/m0/s1. The van der Waals surface area contributed by atoms with Crippen LogP contribution < -0.4 is 65.1 Å². The van der Waals surface area contributed by atoms with Crippen molar-refractivity contribution in [2.24, 2.45) is 28.1 Å². The van der Waals surface area contributed by atoms with E-state index in [1.54, 1.807) is 44.3 Å². The smallest absolute Gasteiger partial charge is 0.245 e. The van der Waals surface area contributed by atoms with E-state index in [9.17, 15) is 68.1 Å². The summed E-state index contributed by atoms with van der Waals surface area (Å²) >= 11 is 0. The number of likely N-dealkylation sites (tertiary alicyclic amines) is 1. The molecule has 2 saturated heterocycles. The average molecular weight is 1210 g/mol. The first-order valence-corrected chi connectivity index (χ1v) is 28.4. The van der Waals surface area contributed by atoms with Crippen molar-refractivity contribution in [3.05, 3.63) is 84.1 Å². The number of phenolic OH excluding ortho intramolecular Hbond substituents is 1. The first-order chi connectivity index (χ1) is 41.5. The Bertz CT molecular complexity index is 3110. The van der Waals surface area contributed by atoms with Crippen molar-refractivity contribution < 1.29 is 68.1 Å².